The van der Waals surface area contributed by atoms with Gasteiger partial charge in [-0.25, -0.2) is 19.7 Å². The van der Waals surface area contributed by atoms with Gasteiger partial charge in [0.1, 0.15) is 10.1 Å². The Morgan fingerprint density at radius 2 is 1.94 bits per heavy atom. The number of nitrogens with zero attached hydrogens (tertiary/aromatic N) is 3. The van der Waals surface area contributed by atoms with E-state index in [0.29, 0.717) is 10.0 Å². The second-order valence-electron chi connectivity index (χ2n) is 3.15. The molecule has 2 aromatic heterocycles. The first kappa shape index (κ1) is 12.8. The number of ether oxygens (including phenoxy) is 1. The van der Waals surface area contributed by atoms with Crippen LogP contribution in [0.4, 0.5) is 0 Å². The van der Waals surface area contributed by atoms with Crippen molar-refractivity contribution in [3.8, 4) is 0 Å². The van der Waals surface area contributed by atoms with E-state index in [0.717, 1.165) is 5.03 Å². The number of carbonyl (C=O) groups excluding carboxylic acids is 1. The summed E-state index contributed by atoms with van der Waals surface area (Å²) in [6.45, 7) is 0. The van der Waals surface area contributed by atoms with Crippen molar-refractivity contribution in [1.29, 1.82) is 0 Å². The van der Waals surface area contributed by atoms with Gasteiger partial charge in [-0.15, -0.1) is 0 Å². The topological polar surface area (TPSA) is 65.0 Å². The lowest BCUT2D eigenvalue weighted by atomic mass is 10.5. The fourth-order valence-electron chi connectivity index (χ4n) is 1.11. The Kier molecular flexibility index (Phi) is 4.11. The van der Waals surface area contributed by atoms with Crippen molar-refractivity contribution in [2.75, 3.05) is 7.11 Å². The van der Waals surface area contributed by atoms with E-state index >= 15 is 0 Å². The average molecular weight is 282 g/mol. The molecule has 0 saturated heterocycles. The van der Waals surface area contributed by atoms with E-state index in [2.05, 4.69) is 19.7 Å². The van der Waals surface area contributed by atoms with Gasteiger partial charge in [0.2, 0.25) is 0 Å². The normalized spacial score (nSPS) is 10.1. The molecule has 2 heterocycles. The molecule has 0 unspecified atom stereocenters. The van der Waals surface area contributed by atoms with E-state index in [1.807, 2.05) is 0 Å². The highest BCUT2D eigenvalue weighted by atomic mass is 35.5. The molecule has 0 radical (unpaired) electrons. The van der Waals surface area contributed by atoms with Gasteiger partial charge in [-0.05, 0) is 23.9 Å². The minimum absolute atomic E-state index is 0.172. The smallest absolute Gasteiger partial charge is 0.358 e. The predicted octanol–water partition coefficient (Wildman–Crippen LogP) is 2.46. The maximum atomic E-state index is 11.2. The van der Waals surface area contributed by atoms with Crippen molar-refractivity contribution in [1.82, 2.24) is 15.0 Å². The van der Waals surface area contributed by atoms with Gasteiger partial charge in [-0.1, -0.05) is 11.6 Å². The fraction of sp³-hybridized carbons (Fsp3) is 0.0909. The van der Waals surface area contributed by atoms with E-state index in [9.17, 15) is 4.79 Å². The van der Waals surface area contributed by atoms with Gasteiger partial charge in [-0.2, -0.15) is 0 Å². The summed E-state index contributed by atoms with van der Waals surface area (Å²) < 4.78 is 4.53. The van der Waals surface area contributed by atoms with Crippen LogP contribution in [0.25, 0.3) is 0 Å². The molecular weight excluding hydrogens is 274 g/mol. The van der Waals surface area contributed by atoms with Crippen LogP contribution in [0.3, 0.4) is 0 Å². The molecule has 0 aliphatic heterocycles. The largest absolute Gasteiger partial charge is 0.464 e. The summed E-state index contributed by atoms with van der Waals surface area (Å²) in [5, 5.41) is 1.96. The minimum atomic E-state index is -0.510. The standard InChI is InChI=1S/C11H8ClN3O2S/c1-17-11(16)8-5-15-10(6-13-8)18-9-3-2-7(12)4-14-9/h2-6H,1H3. The van der Waals surface area contributed by atoms with Crippen LogP contribution in [0, 0.1) is 0 Å². The Hall–Kier alpha value is -1.66. The maximum Gasteiger partial charge on any atom is 0.358 e. The fourth-order valence-corrected chi connectivity index (χ4v) is 1.89. The molecule has 0 aliphatic rings. The second-order valence-corrected chi connectivity index (χ2v) is 4.63. The number of rotatable bonds is 3. The molecule has 18 heavy (non-hydrogen) atoms. The average Bonchev–Trinajstić information content (AvgIpc) is 2.41. The zero-order chi connectivity index (χ0) is 13.0. The number of hydrogen-bond acceptors (Lipinski definition) is 6. The van der Waals surface area contributed by atoms with E-state index in [1.54, 1.807) is 18.3 Å². The Morgan fingerprint density at radius 1 is 1.17 bits per heavy atom. The number of carbonyl (C=O) groups is 1. The second kappa shape index (κ2) is 5.79. The van der Waals surface area contributed by atoms with Crippen LogP contribution in [-0.2, 0) is 4.74 Å². The van der Waals surface area contributed by atoms with Crippen molar-refractivity contribution in [2.45, 2.75) is 10.1 Å². The Labute approximate surface area is 113 Å². The summed E-state index contributed by atoms with van der Waals surface area (Å²) in [5.41, 5.74) is 0.172. The van der Waals surface area contributed by atoms with E-state index < -0.39 is 5.97 Å². The molecule has 0 N–H and O–H groups in total. The molecule has 92 valence electrons. The van der Waals surface area contributed by atoms with Crippen molar-refractivity contribution >= 4 is 29.3 Å². The lowest BCUT2D eigenvalue weighted by Crippen LogP contribution is -2.04. The van der Waals surface area contributed by atoms with Crippen molar-refractivity contribution < 1.29 is 9.53 Å². The van der Waals surface area contributed by atoms with Crippen molar-refractivity contribution in [3.05, 3.63) is 41.4 Å². The van der Waals surface area contributed by atoms with E-state index in [4.69, 9.17) is 11.6 Å². The van der Waals surface area contributed by atoms with Gasteiger partial charge in [-0.3, -0.25) is 0 Å². The molecule has 2 aromatic rings. The predicted molar refractivity (Wildman–Crippen MR) is 66.7 cm³/mol. The molecular formula is C11H8ClN3O2S. The molecule has 7 heteroatoms. The third-order valence-corrected chi connectivity index (χ3v) is 3.03. The molecule has 5 nitrogen and oxygen atoms in total. The summed E-state index contributed by atoms with van der Waals surface area (Å²) >= 11 is 7.06. The Morgan fingerprint density at radius 3 is 2.50 bits per heavy atom. The highest BCUT2D eigenvalue weighted by Crippen LogP contribution is 2.24. The van der Waals surface area contributed by atoms with Gasteiger partial charge in [0, 0.05) is 6.20 Å². The monoisotopic (exact) mass is 281 g/mol. The number of halogens is 1. The zero-order valence-corrected chi connectivity index (χ0v) is 10.9. The van der Waals surface area contributed by atoms with Gasteiger partial charge >= 0.3 is 5.97 Å². The number of esters is 1. The van der Waals surface area contributed by atoms with Crippen LogP contribution < -0.4 is 0 Å². The van der Waals surface area contributed by atoms with Gasteiger partial charge in [0.15, 0.2) is 5.69 Å². The molecule has 0 amide bonds. The molecule has 0 fully saturated rings. The molecule has 0 saturated carbocycles. The van der Waals surface area contributed by atoms with E-state index in [1.165, 1.54) is 31.3 Å². The zero-order valence-electron chi connectivity index (χ0n) is 9.33. The first-order valence-corrected chi connectivity index (χ1v) is 6.08. The van der Waals surface area contributed by atoms with E-state index in [-0.39, 0.29) is 5.69 Å². The van der Waals surface area contributed by atoms with Gasteiger partial charge < -0.3 is 4.74 Å². The van der Waals surface area contributed by atoms with Crippen LogP contribution >= 0.6 is 23.4 Å². The van der Waals surface area contributed by atoms with Crippen molar-refractivity contribution in [2.24, 2.45) is 0 Å². The summed E-state index contributed by atoms with van der Waals surface area (Å²) in [6.07, 6.45) is 4.41. The lowest BCUT2D eigenvalue weighted by Gasteiger charge is -2.01. The Bertz CT molecular complexity index is 545. The molecule has 0 aliphatic carbocycles. The molecule has 0 spiro atoms. The summed E-state index contributed by atoms with van der Waals surface area (Å²) in [6, 6.07) is 3.52. The number of pyridine rings is 1. The summed E-state index contributed by atoms with van der Waals surface area (Å²) in [7, 11) is 1.30. The minimum Gasteiger partial charge on any atom is -0.464 e. The molecule has 0 aromatic carbocycles. The van der Waals surface area contributed by atoms with Gasteiger partial charge in [0.25, 0.3) is 0 Å². The maximum absolute atomic E-state index is 11.2. The molecule has 0 bridgehead atoms. The third kappa shape index (κ3) is 3.18. The number of hydrogen-bond donors (Lipinski definition) is 0. The lowest BCUT2D eigenvalue weighted by molar-refractivity contribution is 0.0593. The van der Waals surface area contributed by atoms with Crippen LogP contribution in [0.2, 0.25) is 5.02 Å². The van der Waals surface area contributed by atoms with Gasteiger partial charge in [0.05, 0.1) is 24.5 Å². The quantitative estimate of drug-likeness (QED) is 0.805. The first-order valence-electron chi connectivity index (χ1n) is 4.89. The van der Waals surface area contributed by atoms with Crippen LogP contribution in [-0.4, -0.2) is 28.0 Å². The highest BCUT2D eigenvalue weighted by Gasteiger charge is 2.08. The molecule has 0 atom stereocenters. The van der Waals surface area contributed by atoms with Crippen LogP contribution in [0.5, 0.6) is 0 Å². The van der Waals surface area contributed by atoms with Crippen LogP contribution in [0.15, 0.2) is 40.8 Å². The number of methoxy groups -OCH3 is 1. The number of aromatic nitrogens is 3. The third-order valence-electron chi connectivity index (χ3n) is 1.93. The van der Waals surface area contributed by atoms with Crippen molar-refractivity contribution in [3.63, 3.8) is 0 Å². The summed E-state index contributed by atoms with van der Waals surface area (Å²) in [4.78, 5) is 23.3. The molecule has 2 rings (SSSR count). The Balaban J connectivity index is 2.10. The highest BCUT2D eigenvalue weighted by molar-refractivity contribution is 7.99. The summed E-state index contributed by atoms with van der Waals surface area (Å²) in [5.74, 6) is -0.510. The van der Waals surface area contributed by atoms with Crippen LogP contribution in [0.1, 0.15) is 10.5 Å². The first-order chi connectivity index (χ1) is 8.69. The SMILES string of the molecule is COC(=O)c1cnc(Sc2ccc(Cl)cn2)cn1.